The van der Waals surface area contributed by atoms with Gasteiger partial charge in [-0.2, -0.15) is 258 Å². The van der Waals surface area contributed by atoms with E-state index >= 15 is 0 Å². The number of benzene rings is 13. The summed E-state index contributed by atoms with van der Waals surface area (Å²) in [5.41, 5.74) is 18.9. The quantitative estimate of drug-likeness (QED) is 0.111. The summed E-state index contributed by atoms with van der Waals surface area (Å²) in [5.74, 6) is 6.60. The summed E-state index contributed by atoms with van der Waals surface area (Å²) < 4.78 is 12.0. The van der Waals surface area contributed by atoms with Gasteiger partial charge in [0, 0.05) is 144 Å². The van der Waals surface area contributed by atoms with E-state index in [1.807, 2.05) is 499 Å². The van der Waals surface area contributed by atoms with Crippen molar-refractivity contribution in [2.24, 2.45) is 0 Å². The summed E-state index contributed by atoms with van der Waals surface area (Å²) in [6, 6.07) is 124. The molecule has 30 heteroatoms. The molecule has 6 aromatic heterocycles. The second kappa shape index (κ2) is 49.6. The van der Waals surface area contributed by atoms with Gasteiger partial charge in [0.1, 0.15) is 46.1 Å². The number of aryl methyl sites for hydroxylation is 2. The average molecular weight is 2670 g/mol. The number of fused-ring (bicyclic) bond motifs is 10. The molecule has 0 spiro atoms. The summed E-state index contributed by atoms with van der Waals surface area (Å²) in [7, 11) is 13.9. The number of nitrogens with zero attached hydrogens (tertiary/aromatic N) is 24. The van der Waals surface area contributed by atoms with E-state index in [1.54, 1.807) is 24.8 Å². The van der Waals surface area contributed by atoms with Crippen LogP contribution >= 0.6 is 0 Å². The Morgan fingerprint density at radius 1 is 0.248 bits per heavy atom. The SMILES string of the molecule is CN1C=CN(c2[c-]ccc3c2oc2ccccc23)[CH-]1.CN1C=CN(c2[c-]ccc3c2oc2ccccc23)[CH-]1.CN1C=CN(c2[c-]cccc2)[CH-]1.CN1C=CN(c2[c-]cccc2)[CH-]1.CN1[CH-]N(c2[c-]cccc2)c2nccnc21.Cc1ccccc1-c1ncc2c(n1)N(C)[CH-]N2c1[c-]cccc1.Cc1ccccc1-c1ncc2c(n1)N(c1[c-]cccc1)[CH-]N2C.[Ir].[Ir].[Ir].[Ir].[c-]1ccccc1N1[CH-]N(c2ccccc2)c2nccnc21. The molecule has 8 aliphatic rings. The molecule has 0 fully saturated rings. The van der Waals surface area contributed by atoms with Gasteiger partial charge in [0.25, 0.3) is 0 Å². The first kappa shape index (κ1) is 106. The topological polar surface area (TPSA) is 181 Å². The zero-order valence-corrected chi connectivity index (χ0v) is 92.0. The van der Waals surface area contributed by atoms with Gasteiger partial charge in [-0.1, -0.05) is 125 Å². The van der Waals surface area contributed by atoms with Crippen molar-refractivity contribution >= 4 is 141 Å². The van der Waals surface area contributed by atoms with E-state index < -0.39 is 0 Å². The van der Waals surface area contributed by atoms with Crippen molar-refractivity contribution in [3.8, 4) is 22.8 Å². The van der Waals surface area contributed by atoms with Crippen LogP contribution in [0, 0.1) is 116 Å². The van der Waals surface area contributed by atoms with E-state index in [2.05, 4.69) is 134 Å². The van der Waals surface area contributed by atoms with E-state index in [0.717, 1.165) is 164 Å². The zero-order chi connectivity index (χ0) is 99.1. The third kappa shape index (κ3) is 24.2. The standard InChI is InChI=1S/2C19H16N4.C17H12N4.2C16H12N2O.C12H10N4.2C10H10N2.4Ir/c1-14-8-6-7-11-16(14)18-20-12-17-19(21-18)22(2)13-23(17)15-9-4-3-5-10-15;1-14-8-6-7-11-16(14)18-20-12-17-19(21-18)23(13-22(17)2)15-9-4-3-5-10-15;1-3-7-14(8-4-1)20-13-21(15-9-5-2-6-10-15)17-16(20)18-11-12-19-17;2*1-17-9-10-18(11-17)14-7-4-6-13-12-5-2-3-8-15(12)19-16(13)14;1-15-9-16(10-5-3-2-4-6-10)12-11(15)13-7-8-14-12;2*1-11-7-8-12(9-11)10-5-3-2-4-6-10;;;;/h2*3-9,11-13H,1-2H3;1-9,11-13H;2*2-6,8-11H,1H3;2-5,7-9H,1H3;2*2-5,7-9H,1H3;;;;/q8*-2;;;;. The molecule has 149 heavy (non-hydrogen) atoms. The molecule has 0 N–H and O–H groups in total. The number of para-hydroxylation sites is 9. The number of anilines is 17. The molecule has 0 saturated heterocycles. The smallest absolute Gasteiger partial charge is 0.161 e. The van der Waals surface area contributed by atoms with Gasteiger partial charge >= 0.3 is 0 Å². The van der Waals surface area contributed by atoms with Crippen LogP contribution in [-0.2, 0) is 80.4 Å². The maximum atomic E-state index is 5.99. The Morgan fingerprint density at radius 3 is 1.01 bits per heavy atom. The van der Waals surface area contributed by atoms with Crippen molar-refractivity contribution in [3.63, 3.8) is 0 Å². The van der Waals surface area contributed by atoms with Crippen molar-refractivity contribution in [2.45, 2.75) is 13.8 Å². The molecule has 27 rings (SSSR count). The maximum absolute atomic E-state index is 5.99. The Kier molecular flexibility index (Phi) is 35.2. The van der Waals surface area contributed by atoms with Crippen LogP contribution in [0.3, 0.4) is 0 Å². The summed E-state index contributed by atoms with van der Waals surface area (Å²) in [5, 5.41) is 4.54. The molecular weight excluding hydrogens is 2570 g/mol. The predicted octanol–water partition coefficient (Wildman–Crippen LogP) is 24.7. The first-order valence-corrected chi connectivity index (χ1v) is 46.8. The number of hydrogen-bond acceptors (Lipinski definition) is 26. The minimum Gasteiger partial charge on any atom is -0.514 e. The predicted molar refractivity (Wildman–Crippen MR) is 580 cm³/mol. The van der Waals surface area contributed by atoms with E-state index in [1.165, 1.54) is 11.1 Å². The van der Waals surface area contributed by atoms with E-state index in [4.69, 9.17) is 18.8 Å². The molecule has 19 aromatic rings. The first-order chi connectivity index (χ1) is 71.1. The second-order valence-electron chi connectivity index (χ2n) is 34.1. The third-order valence-electron chi connectivity index (χ3n) is 23.9. The molecule has 0 atom stereocenters. The van der Waals surface area contributed by atoms with Crippen LogP contribution in [0.5, 0.6) is 0 Å². The normalized spacial score (nSPS) is 13.9. The van der Waals surface area contributed by atoms with Crippen molar-refractivity contribution in [1.82, 2.24) is 59.5 Å². The molecule has 4 radical (unpaired) electrons. The van der Waals surface area contributed by atoms with Crippen LogP contribution in [-0.4, -0.2) is 109 Å². The third-order valence-corrected chi connectivity index (χ3v) is 23.9. The molecule has 758 valence electrons. The maximum Gasteiger partial charge on any atom is 0.161 e. The number of aromatic nitrogens is 8. The van der Waals surface area contributed by atoms with E-state index in [-0.39, 0.29) is 80.4 Å². The number of rotatable bonds is 11. The molecule has 14 heterocycles. The fourth-order valence-corrected chi connectivity index (χ4v) is 16.8. The fraction of sp³-hybridized carbons (Fsp3) is 0.0756. The van der Waals surface area contributed by atoms with Gasteiger partial charge in [-0.15, -0.1) is 47.5 Å². The largest absolute Gasteiger partial charge is 0.514 e. The Morgan fingerprint density at radius 2 is 0.584 bits per heavy atom. The second-order valence-corrected chi connectivity index (χ2v) is 34.1. The van der Waals surface area contributed by atoms with Crippen molar-refractivity contribution in [3.05, 3.63) is 497 Å². The van der Waals surface area contributed by atoms with Gasteiger partial charge in [-0.3, -0.25) is 0 Å². The van der Waals surface area contributed by atoms with Gasteiger partial charge in [-0.25, -0.2) is 39.9 Å². The molecule has 0 saturated carbocycles. The van der Waals surface area contributed by atoms with Crippen LogP contribution in [0.25, 0.3) is 66.7 Å². The number of furan rings is 2. The van der Waals surface area contributed by atoms with Crippen LogP contribution in [0.1, 0.15) is 11.1 Å². The van der Waals surface area contributed by atoms with Gasteiger partial charge in [0.2, 0.25) is 0 Å². The minimum absolute atomic E-state index is 0. The van der Waals surface area contributed by atoms with E-state index in [9.17, 15) is 0 Å². The fourth-order valence-electron chi connectivity index (χ4n) is 16.8. The van der Waals surface area contributed by atoms with Crippen molar-refractivity contribution in [1.29, 1.82) is 0 Å². The molecular formula is C119H98Ir4N24O2-16. The average Bonchev–Trinajstić information content (AvgIpc) is 1.62. The number of hydrogen-bond donors (Lipinski definition) is 0. The van der Waals surface area contributed by atoms with Crippen LogP contribution in [0.4, 0.5) is 97.5 Å². The molecule has 13 aromatic carbocycles. The Balaban J connectivity index is 0.000000122. The molecule has 0 aliphatic carbocycles. The Labute approximate surface area is 924 Å². The van der Waals surface area contributed by atoms with Gasteiger partial charge in [-0.05, 0) is 148 Å². The minimum atomic E-state index is 0. The van der Waals surface area contributed by atoms with Crippen LogP contribution in [0.2, 0.25) is 0 Å². The van der Waals surface area contributed by atoms with Gasteiger partial charge in [0.15, 0.2) is 11.6 Å². The molecule has 8 aliphatic heterocycles. The monoisotopic (exact) mass is 2670 g/mol. The molecule has 0 bridgehead atoms. The summed E-state index contributed by atoms with van der Waals surface area (Å²) in [6.45, 7) is 20.1. The van der Waals surface area contributed by atoms with E-state index in [0.29, 0.717) is 0 Å². The van der Waals surface area contributed by atoms with Crippen LogP contribution < -0.4 is 58.8 Å². The van der Waals surface area contributed by atoms with Crippen molar-refractivity contribution in [2.75, 3.05) is 108 Å². The van der Waals surface area contributed by atoms with Crippen molar-refractivity contribution < 1.29 is 89.3 Å². The van der Waals surface area contributed by atoms with Gasteiger partial charge < -0.3 is 87.2 Å². The Hall–Kier alpha value is -15.9. The zero-order valence-electron chi connectivity index (χ0n) is 82.4. The Bertz CT molecular complexity index is 7500. The van der Waals surface area contributed by atoms with Gasteiger partial charge in [0.05, 0.1) is 23.8 Å². The summed E-state index contributed by atoms with van der Waals surface area (Å²) in [4.78, 5) is 68.4. The molecule has 0 unspecified atom stereocenters. The summed E-state index contributed by atoms with van der Waals surface area (Å²) in [6.07, 6.45) is 26.6. The first-order valence-electron chi connectivity index (χ1n) is 46.8. The molecule has 0 amide bonds. The summed E-state index contributed by atoms with van der Waals surface area (Å²) >= 11 is 0. The molecule has 26 nitrogen and oxygen atoms in total. The van der Waals surface area contributed by atoms with Crippen LogP contribution in [0.15, 0.2) is 393 Å².